The summed E-state index contributed by atoms with van der Waals surface area (Å²) in [7, 11) is 0. The van der Waals surface area contributed by atoms with Gasteiger partial charge in [0.25, 0.3) is 0 Å². The van der Waals surface area contributed by atoms with Crippen molar-refractivity contribution in [3.05, 3.63) is 34.9 Å². The third-order valence-electron chi connectivity index (χ3n) is 4.39. The molecule has 2 fully saturated rings. The van der Waals surface area contributed by atoms with Gasteiger partial charge in [0.2, 0.25) is 0 Å². The number of halogens is 1. The SMILES string of the molecule is O=C(O)[C@H]1[C@H]2CCC(=O)[C@@]21Cc1ccc(Cl)cc1. The second kappa shape index (κ2) is 3.82. The lowest BCUT2D eigenvalue weighted by molar-refractivity contribution is -0.142. The lowest BCUT2D eigenvalue weighted by Gasteiger charge is -2.12. The quantitative estimate of drug-likeness (QED) is 0.913. The predicted molar refractivity (Wildman–Crippen MR) is 66.4 cm³/mol. The van der Waals surface area contributed by atoms with Gasteiger partial charge in [0.05, 0.1) is 11.3 Å². The summed E-state index contributed by atoms with van der Waals surface area (Å²) in [5.41, 5.74) is 0.364. The second-order valence-corrected chi connectivity index (χ2v) is 5.66. The Bertz CT molecular complexity index is 522. The van der Waals surface area contributed by atoms with Crippen LogP contribution in [0.25, 0.3) is 0 Å². The Morgan fingerprint density at radius 3 is 2.61 bits per heavy atom. The Hall–Kier alpha value is -1.35. The highest BCUT2D eigenvalue weighted by molar-refractivity contribution is 6.30. The van der Waals surface area contributed by atoms with Gasteiger partial charge in [-0.25, -0.2) is 0 Å². The number of aliphatic carboxylic acids is 1. The first-order valence-corrected chi connectivity index (χ1v) is 6.44. The molecule has 4 heteroatoms. The van der Waals surface area contributed by atoms with Crippen LogP contribution in [0.5, 0.6) is 0 Å². The van der Waals surface area contributed by atoms with Crippen LogP contribution in [-0.4, -0.2) is 16.9 Å². The molecule has 0 saturated heterocycles. The maximum absolute atomic E-state index is 12.0. The zero-order valence-electron chi connectivity index (χ0n) is 9.73. The van der Waals surface area contributed by atoms with Gasteiger partial charge < -0.3 is 5.11 Å². The van der Waals surface area contributed by atoms with Crippen molar-refractivity contribution in [3.8, 4) is 0 Å². The third kappa shape index (κ3) is 1.50. The van der Waals surface area contributed by atoms with Gasteiger partial charge in [-0.15, -0.1) is 0 Å². The highest BCUT2D eigenvalue weighted by Crippen LogP contribution is 2.67. The molecule has 94 valence electrons. The van der Waals surface area contributed by atoms with E-state index in [1.807, 2.05) is 12.1 Å². The van der Waals surface area contributed by atoms with Gasteiger partial charge >= 0.3 is 5.97 Å². The molecule has 0 unspecified atom stereocenters. The number of Topliss-reactive ketones (excluding diaryl/α,β-unsaturated/α-hetero) is 1. The number of hydrogen-bond donors (Lipinski definition) is 1. The Balaban J connectivity index is 1.88. The predicted octanol–water partition coefficient (Wildman–Crippen LogP) is 2.56. The highest BCUT2D eigenvalue weighted by atomic mass is 35.5. The molecule has 3 atom stereocenters. The monoisotopic (exact) mass is 264 g/mol. The number of carboxylic acid groups (broad SMARTS) is 1. The minimum Gasteiger partial charge on any atom is -0.481 e. The van der Waals surface area contributed by atoms with Crippen LogP contribution >= 0.6 is 11.6 Å². The molecule has 0 radical (unpaired) electrons. The molecule has 0 aliphatic heterocycles. The molecule has 0 amide bonds. The molecule has 0 bridgehead atoms. The molecule has 0 aromatic heterocycles. The summed E-state index contributed by atoms with van der Waals surface area (Å²) in [6, 6.07) is 7.30. The minimum absolute atomic E-state index is 0.0400. The van der Waals surface area contributed by atoms with E-state index in [-0.39, 0.29) is 11.7 Å². The van der Waals surface area contributed by atoms with Gasteiger partial charge in [0.15, 0.2) is 0 Å². The number of carboxylic acids is 1. The fourth-order valence-corrected chi connectivity index (χ4v) is 3.64. The topological polar surface area (TPSA) is 54.4 Å². The average Bonchev–Trinajstić information content (AvgIpc) is 2.88. The molecule has 0 spiro atoms. The largest absolute Gasteiger partial charge is 0.481 e. The van der Waals surface area contributed by atoms with Crippen LogP contribution in [0.2, 0.25) is 5.02 Å². The van der Waals surface area contributed by atoms with Crippen molar-refractivity contribution in [2.75, 3.05) is 0 Å². The van der Waals surface area contributed by atoms with E-state index in [1.165, 1.54) is 0 Å². The molecule has 1 aromatic carbocycles. The second-order valence-electron chi connectivity index (χ2n) is 5.23. The number of ketones is 1. The summed E-state index contributed by atoms with van der Waals surface area (Å²) in [6.07, 6.45) is 1.79. The van der Waals surface area contributed by atoms with Crippen molar-refractivity contribution >= 4 is 23.4 Å². The first-order valence-electron chi connectivity index (χ1n) is 6.06. The van der Waals surface area contributed by atoms with Crippen LogP contribution in [0.4, 0.5) is 0 Å². The number of carbonyl (C=O) groups excluding carboxylic acids is 1. The van der Waals surface area contributed by atoms with Gasteiger partial charge in [-0.2, -0.15) is 0 Å². The summed E-state index contributed by atoms with van der Waals surface area (Å²) in [4.78, 5) is 23.2. The van der Waals surface area contributed by atoms with Crippen LogP contribution in [0.1, 0.15) is 18.4 Å². The normalized spacial score (nSPS) is 33.3. The van der Waals surface area contributed by atoms with Gasteiger partial charge in [0, 0.05) is 11.4 Å². The molecule has 18 heavy (non-hydrogen) atoms. The van der Waals surface area contributed by atoms with E-state index in [0.29, 0.717) is 17.9 Å². The van der Waals surface area contributed by atoms with Crippen molar-refractivity contribution in [2.24, 2.45) is 17.3 Å². The first kappa shape index (κ1) is 11.7. The lowest BCUT2D eigenvalue weighted by atomic mass is 9.90. The molecule has 1 aromatic rings. The van der Waals surface area contributed by atoms with E-state index in [0.717, 1.165) is 12.0 Å². The van der Waals surface area contributed by atoms with Crippen LogP contribution in [-0.2, 0) is 16.0 Å². The standard InChI is InChI=1S/C14H13ClO3/c15-9-3-1-8(2-4-9)7-14-10(5-6-11(14)16)12(14)13(17)18/h1-4,10,12H,5-7H2,(H,17,18)/t10-,12-,14-/m1/s1. The maximum Gasteiger partial charge on any atom is 0.307 e. The Labute approximate surface area is 110 Å². The number of benzene rings is 1. The van der Waals surface area contributed by atoms with E-state index in [4.69, 9.17) is 11.6 Å². The van der Waals surface area contributed by atoms with Gasteiger partial charge in [-0.3, -0.25) is 9.59 Å². The molecule has 1 N–H and O–H groups in total. The van der Waals surface area contributed by atoms with Crippen molar-refractivity contribution in [2.45, 2.75) is 19.3 Å². The smallest absolute Gasteiger partial charge is 0.307 e. The molecule has 2 saturated carbocycles. The Morgan fingerprint density at radius 2 is 2.06 bits per heavy atom. The molecule has 0 heterocycles. The van der Waals surface area contributed by atoms with E-state index in [2.05, 4.69) is 0 Å². The van der Waals surface area contributed by atoms with Crippen LogP contribution in [0.15, 0.2) is 24.3 Å². The van der Waals surface area contributed by atoms with Gasteiger partial charge in [0.1, 0.15) is 5.78 Å². The summed E-state index contributed by atoms with van der Waals surface area (Å²) in [6.45, 7) is 0. The van der Waals surface area contributed by atoms with Crippen LogP contribution < -0.4 is 0 Å². The number of fused-ring (bicyclic) bond motifs is 1. The number of rotatable bonds is 3. The molecule has 2 aliphatic rings. The summed E-state index contributed by atoms with van der Waals surface area (Å²) in [5, 5.41) is 9.84. The highest BCUT2D eigenvalue weighted by Gasteiger charge is 2.74. The Morgan fingerprint density at radius 1 is 1.39 bits per heavy atom. The maximum atomic E-state index is 12.0. The van der Waals surface area contributed by atoms with E-state index in [9.17, 15) is 14.7 Å². The zero-order chi connectivity index (χ0) is 12.9. The fraction of sp³-hybridized carbons (Fsp3) is 0.429. The summed E-state index contributed by atoms with van der Waals surface area (Å²) < 4.78 is 0. The summed E-state index contributed by atoms with van der Waals surface area (Å²) in [5.74, 6) is -1.15. The average molecular weight is 265 g/mol. The van der Waals surface area contributed by atoms with Crippen LogP contribution in [0, 0.1) is 17.3 Å². The molecule has 3 rings (SSSR count). The Kier molecular flexibility index (Phi) is 2.49. The van der Waals surface area contributed by atoms with Crippen LogP contribution in [0.3, 0.4) is 0 Å². The van der Waals surface area contributed by atoms with Gasteiger partial charge in [-0.1, -0.05) is 23.7 Å². The molecule has 3 nitrogen and oxygen atoms in total. The van der Waals surface area contributed by atoms with E-state index in [1.54, 1.807) is 12.1 Å². The van der Waals surface area contributed by atoms with Crippen molar-refractivity contribution in [1.29, 1.82) is 0 Å². The fourth-order valence-electron chi connectivity index (χ4n) is 3.51. The molecular weight excluding hydrogens is 252 g/mol. The zero-order valence-corrected chi connectivity index (χ0v) is 10.5. The van der Waals surface area contributed by atoms with E-state index >= 15 is 0 Å². The lowest BCUT2D eigenvalue weighted by Crippen LogP contribution is -2.22. The number of hydrogen-bond acceptors (Lipinski definition) is 2. The van der Waals surface area contributed by atoms with Gasteiger partial charge in [-0.05, 0) is 36.5 Å². The van der Waals surface area contributed by atoms with Crippen molar-refractivity contribution < 1.29 is 14.7 Å². The first-order chi connectivity index (χ1) is 8.55. The summed E-state index contributed by atoms with van der Waals surface area (Å²) >= 11 is 5.82. The van der Waals surface area contributed by atoms with Crippen molar-refractivity contribution in [1.82, 2.24) is 0 Å². The van der Waals surface area contributed by atoms with Crippen molar-refractivity contribution in [3.63, 3.8) is 0 Å². The minimum atomic E-state index is -0.831. The van der Waals surface area contributed by atoms with E-state index < -0.39 is 17.3 Å². The third-order valence-corrected chi connectivity index (χ3v) is 4.64. The molecular formula is C14H13ClO3. The molecule has 2 aliphatic carbocycles. The number of carbonyl (C=O) groups is 2.